The summed E-state index contributed by atoms with van der Waals surface area (Å²) in [5, 5.41) is 0.916. The smallest absolute Gasteiger partial charge is 0.338 e. The number of esters is 1. The van der Waals surface area contributed by atoms with Crippen molar-refractivity contribution in [2.75, 3.05) is 32.1 Å². The second-order valence-electron chi connectivity index (χ2n) is 8.35. The highest BCUT2D eigenvalue weighted by atomic mass is 79.9. The van der Waals surface area contributed by atoms with Crippen molar-refractivity contribution < 1.29 is 14.3 Å². The average molecular weight is 557 g/mol. The van der Waals surface area contributed by atoms with E-state index in [1.165, 1.54) is 10.5 Å². The Bertz CT molecular complexity index is 1190. The van der Waals surface area contributed by atoms with Gasteiger partial charge in [0.2, 0.25) is 0 Å². The van der Waals surface area contributed by atoms with Gasteiger partial charge < -0.3 is 19.3 Å². The summed E-state index contributed by atoms with van der Waals surface area (Å²) in [7, 11) is 4.04. The number of rotatable bonds is 5. The number of hydrogen-bond acceptors (Lipinski definition) is 7. The number of carbonyl (C=O) groups is 2. The molecule has 2 aromatic carbocycles. The number of aryl methyl sites for hydroxylation is 1. The molecule has 1 atom stereocenters. The lowest BCUT2D eigenvalue weighted by Gasteiger charge is -2.34. The van der Waals surface area contributed by atoms with Gasteiger partial charge in [0, 0.05) is 29.2 Å². The summed E-state index contributed by atoms with van der Waals surface area (Å²) in [6.45, 7) is 8.83. The topological polar surface area (TPSA) is 62.2 Å². The van der Waals surface area contributed by atoms with Crippen LogP contribution in [0.25, 0.3) is 6.08 Å². The van der Waals surface area contributed by atoms with Gasteiger partial charge in [-0.25, -0.2) is 9.79 Å². The predicted octanol–water partition coefficient (Wildman–Crippen LogP) is 5.98. The fraction of sp³-hybridized carbons (Fsp3) is 0.296. The van der Waals surface area contributed by atoms with Gasteiger partial charge in [-0.05, 0) is 61.7 Å². The van der Waals surface area contributed by atoms with Gasteiger partial charge in [0.1, 0.15) is 6.79 Å². The van der Waals surface area contributed by atoms with Crippen molar-refractivity contribution in [2.45, 2.75) is 26.8 Å². The van der Waals surface area contributed by atoms with E-state index in [9.17, 15) is 4.79 Å². The van der Waals surface area contributed by atoms with E-state index in [-0.39, 0.29) is 12.0 Å². The Kier molecular flexibility index (Phi) is 8.97. The highest BCUT2D eigenvalue weighted by molar-refractivity contribution is 9.10. The number of anilines is 1. The monoisotopic (exact) mass is 555 g/mol. The molecule has 0 N–H and O–H groups in total. The SMILES string of the molecule is C=O.CCOC(=O)C1=C(C)N=C2S/C(=C\c3ccc(C)c(Br)c3)CN2C1c1ccc(N(C)C)cc1. The number of amidine groups is 1. The number of allylic oxidation sites excluding steroid dienone is 1. The molecule has 2 aliphatic heterocycles. The fourth-order valence-electron chi connectivity index (χ4n) is 4.02. The first-order valence-corrected chi connectivity index (χ1v) is 12.8. The van der Waals surface area contributed by atoms with Crippen LogP contribution in [0.15, 0.2) is 68.1 Å². The molecule has 0 spiro atoms. The third-order valence-corrected chi connectivity index (χ3v) is 7.65. The number of halogens is 1. The van der Waals surface area contributed by atoms with E-state index >= 15 is 0 Å². The van der Waals surface area contributed by atoms with Crippen LogP contribution < -0.4 is 4.90 Å². The predicted molar refractivity (Wildman–Crippen MR) is 149 cm³/mol. The van der Waals surface area contributed by atoms with Gasteiger partial charge in [-0.15, -0.1) is 0 Å². The molecule has 0 aliphatic carbocycles. The fourth-order valence-corrected chi connectivity index (χ4v) is 5.52. The van der Waals surface area contributed by atoms with Crippen LogP contribution in [-0.2, 0) is 14.3 Å². The van der Waals surface area contributed by atoms with Gasteiger partial charge in [-0.1, -0.05) is 52.0 Å². The van der Waals surface area contributed by atoms with Crippen LogP contribution in [-0.4, -0.2) is 50.1 Å². The van der Waals surface area contributed by atoms with Crippen molar-refractivity contribution in [3.8, 4) is 0 Å². The van der Waals surface area contributed by atoms with E-state index < -0.39 is 0 Å². The number of carbonyl (C=O) groups excluding carboxylic acids is 2. The minimum atomic E-state index is -0.301. The number of fused-ring (bicyclic) bond motifs is 1. The van der Waals surface area contributed by atoms with Crippen LogP contribution in [0.5, 0.6) is 0 Å². The van der Waals surface area contributed by atoms with Crippen LogP contribution in [0, 0.1) is 6.92 Å². The third kappa shape index (κ3) is 5.87. The summed E-state index contributed by atoms with van der Waals surface area (Å²) in [6, 6.07) is 14.5. The van der Waals surface area contributed by atoms with E-state index in [2.05, 4.69) is 81.2 Å². The normalized spacial score (nSPS) is 18.0. The van der Waals surface area contributed by atoms with Crippen LogP contribution in [0.2, 0.25) is 0 Å². The Morgan fingerprint density at radius 3 is 2.51 bits per heavy atom. The number of nitrogens with zero attached hydrogens (tertiary/aromatic N) is 3. The Labute approximate surface area is 219 Å². The van der Waals surface area contributed by atoms with Crippen molar-refractivity contribution in [1.29, 1.82) is 0 Å². The first kappa shape index (κ1) is 26.8. The van der Waals surface area contributed by atoms with Gasteiger partial charge in [0.15, 0.2) is 5.17 Å². The maximum absolute atomic E-state index is 13.0. The van der Waals surface area contributed by atoms with E-state index in [0.29, 0.717) is 24.4 Å². The highest BCUT2D eigenvalue weighted by Gasteiger charge is 2.40. The molecular formula is C27H30BrN3O3S. The second-order valence-corrected chi connectivity index (χ2v) is 10.3. The lowest BCUT2D eigenvalue weighted by Crippen LogP contribution is -2.36. The zero-order chi connectivity index (χ0) is 25.7. The molecule has 2 aliphatic rings. The molecule has 0 amide bonds. The van der Waals surface area contributed by atoms with Gasteiger partial charge in [0.25, 0.3) is 0 Å². The van der Waals surface area contributed by atoms with Gasteiger partial charge in [0.05, 0.1) is 30.5 Å². The van der Waals surface area contributed by atoms with Crippen molar-refractivity contribution in [3.63, 3.8) is 0 Å². The summed E-state index contributed by atoms with van der Waals surface area (Å²) < 4.78 is 6.53. The Morgan fingerprint density at radius 1 is 1.23 bits per heavy atom. The first-order valence-electron chi connectivity index (χ1n) is 11.2. The molecule has 2 aromatic rings. The van der Waals surface area contributed by atoms with Gasteiger partial charge in [-0.3, -0.25) is 0 Å². The standard InChI is InChI=1S/C26H28BrN3O2S.CH2O/c1-6-32-25(31)23-17(3)28-26-30(24(23)19-9-11-20(12-10-19)29(4)5)15-21(33-26)13-18-8-7-16(2)22(27)14-18;1-2/h7-14,24H,6,15H2,1-5H3;1H2/b21-13-;. The lowest BCUT2D eigenvalue weighted by atomic mass is 9.94. The van der Waals surface area contributed by atoms with Crippen LogP contribution >= 0.6 is 27.7 Å². The quantitative estimate of drug-likeness (QED) is 0.423. The van der Waals surface area contributed by atoms with E-state index in [4.69, 9.17) is 14.5 Å². The largest absolute Gasteiger partial charge is 0.463 e. The zero-order valence-electron chi connectivity index (χ0n) is 20.7. The minimum Gasteiger partial charge on any atom is -0.463 e. The first-order chi connectivity index (χ1) is 16.8. The van der Waals surface area contributed by atoms with Gasteiger partial charge >= 0.3 is 5.97 Å². The van der Waals surface area contributed by atoms with Crippen LogP contribution in [0.1, 0.15) is 36.6 Å². The maximum atomic E-state index is 13.0. The molecule has 2 heterocycles. The molecule has 0 radical (unpaired) electrons. The number of ether oxygens (including phenoxy) is 1. The van der Waals surface area contributed by atoms with E-state index in [0.717, 1.165) is 26.5 Å². The molecule has 35 heavy (non-hydrogen) atoms. The zero-order valence-corrected chi connectivity index (χ0v) is 23.1. The molecule has 6 nitrogen and oxygen atoms in total. The van der Waals surface area contributed by atoms with Crippen LogP contribution in [0.4, 0.5) is 5.69 Å². The Morgan fingerprint density at radius 2 is 1.91 bits per heavy atom. The molecule has 0 aromatic heterocycles. The molecule has 1 unspecified atom stereocenters. The van der Waals surface area contributed by atoms with Crippen molar-refractivity contribution >= 4 is 57.4 Å². The molecule has 0 saturated carbocycles. The number of aliphatic imine (C=N–C) groups is 1. The molecule has 1 fully saturated rings. The van der Waals surface area contributed by atoms with E-state index in [1.54, 1.807) is 11.8 Å². The Hall–Kier alpha value is -2.84. The third-order valence-electron chi connectivity index (χ3n) is 5.78. The summed E-state index contributed by atoms with van der Waals surface area (Å²) >= 11 is 5.29. The summed E-state index contributed by atoms with van der Waals surface area (Å²) in [5.74, 6) is -0.301. The van der Waals surface area contributed by atoms with Gasteiger partial charge in [-0.2, -0.15) is 0 Å². The summed E-state index contributed by atoms with van der Waals surface area (Å²) in [4.78, 5) is 31.3. The molecular weight excluding hydrogens is 526 g/mol. The van der Waals surface area contributed by atoms with Crippen molar-refractivity contribution in [3.05, 3.63) is 79.8 Å². The summed E-state index contributed by atoms with van der Waals surface area (Å²) in [6.07, 6.45) is 2.20. The molecule has 184 valence electrons. The molecule has 4 rings (SSSR count). The highest BCUT2D eigenvalue weighted by Crippen LogP contribution is 2.44. The molecule has 8 heteroatoms. The number of benzene rings is 2. The maximum Gasteiger partial charge on any atom is 0.338 e. The molecule has 1 saturated heterocycles. The average Bonchev–Trinajstić information content (AvgIpc) is 3.23. The number of thioether (sulfide) groups is 1. The van der Waals surface area contributed by atoms with Crippen LogP contribution in [0.3, 0.4) is 0 Å². The second kappa shape index (κ2) is 11.7. The molecule has 0 bridgehead atoms. The summed E-state index contributed by atoms with van der Waals surface area (Å²) in [5.41, 5.74) is 5.83. The lowest BCUT2D eigenvalue weighted by molar-refractivity contribution is -0.139. The Balaban J connectivity index is 0.00000167. The van der Waals surface area contributed by atoms with E-state index in [1.807, 2.05) is 34.7 Å². The van der Waals surface area contributed by atoms with Crippen molar-refractivity contribution in [2.24, 2.45) is 4.99 Å². The minimum absolute atomic E-state index is 0.240. The van der Waals surface area contributed by atoms with Crippen molar-refractivity contribution in [1.82, 2.24) is 4.90 Å². The number of hydrogen-bond donors (Lipinski definition) is 0.